The molecule has 0 aromatic heterocycles. The highest BCUT2D eigenvalue weighted by Crippen LogP contribution is 2.17. The molecule has 6 nitrogen and oxygen atoms in total. The number of nitrogens with two attached hydrogens (primary N) is 1. The summed E-state index contributed by atoms with van der Waals surface area (Å²) in [5.41, 5.74) is 5.81. The molecule has 0 spiro atoms. The number of nitrogens with one attached hydrogen (secondary N) is 1. The monoisotopic (exact) mass is 332 g/mol. The minimum absolute atomic E-state index is 0.0896. The molecule has 0 aliphatic heterocycles. The fourth-order valence-corrected chi connectivity index (χ4v) is 3.20. The summed E-state index contributed by atoms with van der Waals surface area (Å²) in [7, 11) is -3.77. The highest BCUT2D eigenvalue weighted by Gasteiger charge is 2.29. The van der Waals surface area contributed by atoms with Crippen LogP contribution in [0, 0.1) is 0 Å². The Morgan fingerprint density at radius 2 is 1.57 bits per heavy atom. The van der Waals surface area contributed by atoms with Crippen LogP contribution < -0.4 is 11.1 Å². The molecule has 0 saturated carbocycles. The van der Waals surface area contributed by atoms with Crippen LogP contribution in [0.15, 0.2) is 59.5 Å². The van der Waals surface area contributed by atoms with E-state index in [2.05, 4.69) is 5.32 Å². The third-order valence-corrected chi connectivity index (χ3v) is 5.42. The van der Waals surface area contributed by atoms with Crippen molar-refractivity contribution < 1.29 is 18.0 Å². The Balaban J connectivity index is 2.15. The number of rotatable bonds is 5. The van der Waals surface area contributed by atoms with Crippen molar-refractivity contribution in [2.24, 2.45) is 5.73 Å². The van der Waals surface area contributed by atoms with Crippen molar-refractivity contribution in [1.29, 1.82) is 0 Å². The molecule has 0 aliphatic rings. The van der Waals surface area contributed by atoms with E-state index in [4.69, 9.17) is 5.73 Å². The second-order valence-corrected chi connectivity index (χ2v) is 7.20. The van der Waals surface area contributed by atoms with Crippen LogP contribution in [-0.4, -0.2) is 25.5 Å². The van der Waals surface area contributed by atoms with Crippen molar-refractivity contribution in [1.82, 2.24) is 0 Å². The first-order valence-corrected chi connectivity index (χ1v) is 8.36. The predicted octanol–water partition coefficient (Wildman–Crippen LogP) is 1.59. The van der Waals surface area contributed by atoms with E-state index >= 15 is 0 Å². The van der Waals surface area contributed by atoms with E-state index in [1.807, 2.05) is 0 Å². The minimum atomic E-state index is -3.77. The lowest BCUT2D eigenvalue weighted by Gasteiger charge is -2.13. The second kappa shape index (κ2) is 6.62. The third-order valence-electron chi connectivity index (χ3n) is 3.34. The van der Waals surface area contributed by atoms with E-state index in [0.29, 0.717) is 11.3 Å². The van der Waals surface area contributed by atoms with Gasteiger partial charge in [-0.25, -0.2) is 8.42 Å². The van der Waals surface area contributed by atoms with Crippen LogP contribution in [-0.2, 0) is 14.6 Å². The molecule has 0 fully saturated rings. The summed E-state index contributed by atoms with van der Waals surface area (Å²) in [6.45, 7) is 1.33. The zero-order chi connectivity index (χ0) is 17.0. The predicted molar refractivity (Wildman–Crippen MR) is 86.7 cm³/mol. The standard InChI is InChI=1S/C16H16N2O4S/c1-11(23(21,22)14-5-3-2-4-6-14)16(20)18-13-9-7-12(8-10-13)15(17)19/h2-11H,1H3,(H2,17,19)(H,18,20). The summed E-state index contributed by atoms with van der Waals surface area (Å²) >= 11 is 0. The van der Waals surface area contributed by atoms with Gasteiger partial charge in [0.25, 0.3) is 0 Å². The van der Waals surface area contributed by atoms with Crippen molar-refractivity contribution in [2.75, 3.05) is 5.32 Å². The van der Waals surface area contributed by atoms with Gasteiger partial charge in [0.1, 0.15) is 5.25 Å². The number of benzene rings is 2. The summed E-state index contributed by atoms with van der Waals surface area (Å²) in [5, 5.41) is 1.26. The van der Waals surface area contributed by atoms with Crippen LogP contribution in [0.1, 0.15) is 17.3 Å². The van der Waals surface area contributed by atoms with Crippen molar-refractivity contribution >= 4 is 27.3 Å². The third kappa shape index (κ3) is 3.75. The van der Waals surface area contributed by atoms with Crippen molar-refractivity contribution in [3.8, 4) is 0 Å². The van der Waals surface area contributed by atoms with Crippen LogP contribution in [0.3, 0.4) is 0 Å². The smallest absolute Gasteiger partial charge is 0.248 e. The van der Waals surface area contributed by atoms with Crippen LogP contribution in [0.5, 0.6) is 0 Å². The number of hydrogen-bond donors (Lipinski definition) is 2. The molecule has 1 unspecified atom stereocenters. The molecule has 0 bridgehead atoms. The Bertz CT molecular complexity index is 815. The molecular formula is C16H16N2O4S. The van der Waals surface area contributed by atoms with Gasteiger partial charge in [-0.05, 0) is 43.3 Å². The van der Waals surface area contributed by atoms with Gasteiger partial charge in [0.15, 0.2) is 9.84 Å². The number of carbonyl (C=O) groups is 2. The topological polar surface area (TPSA) is 106 Å². The number of anilines is 1. The lowest BCUT2D eigenvalue weighted by atomic mass is 10.2. The zero-order valence-electron chi connectivity index (χ0n) is 12.4. The molecule has 2 aromatic rings. The summed E-state index contributed by atoms with van der Waals surface area (Å²) in [5.74, 6) is -1.23. The molecule has 0 aliphatic carbocycles. The maximum atomic E-state index is 12.4. The van der Waals surface area contributed by atoms with Gasteiger partial charge >= 0.3 is 0 Å². The van der Waals surface area contributed by atoms with Gasteiger partial charge in [-0.15, -0.1) is 0 Å². The molecular weight excluding hydrogens is 316 g/mol. The van der Waals surface area contributed by atoms with Gasteiger partial charge in [0, 0.05) is 11.3 Å². The Morgan fingerprint density at radius 1 is 1.00 bits per heavy atom. The van der Waals surface area contributed by atoms with E-state index in [0.717, 1.165) is 0 Å². The summed E-state index contributed by atoms with van der Waals surface area (Å²) in [6, 6.07) is 13.7. The lowest BCUT2D eigenvalue weighted by Crippen LogP contribution is -2.32. The fourth-order valence-electron chi connectivity index (χ4n) is 1.92. The Hall–Kier alpha value is -2.67. The van der Waals surface area contributed by atoms with Crippen molar-refractivity contribution in [3.05, 3.63) is 60.2 Å². The van der Waals surface area contributed by atoms with Gasteiger partial charge in [0.2, 0.25) is 11.8 Å². The molecule has 1 atom stereocenters. The molecule has 3 N–H and O–H groups in total. The number of carbonyl (C=O) groups excluding carboxylic acids is 2. The van der Waals surface area contributed by atoms with E-state index in [1.54, 1.807) is 18.2 Å². The maximum Gasteiger partial charge on any atom is 0.248 e. The zero-order valence-corrected chi connectivity index (χ0v) is 13.2. The van der Waals surface area contributed by atoms with Crippen molar-refractivity contribution in [3.63, 3.8) is 0 Å². The Kier molecular flexibility index (Phi) is 4.80. The number of primary amides is 1. The molecule has 23 heavy (non-hydrogen) atoms. The first-order valence-electron chi connectivity index (χ1n) is 6.82. The van der Waals surface area contributed by atoms with Crippen LogP contribution in [0.4, 0.5) is 5.69 Å². The molecule has 2 aromatic carbocycles. The molecule has 120 valence electrons. The quantitative estimate of drug-likeness (QED) is 0.867. The molecule has 7 heteroatoms. The fraction of sp³-hybridized carbons (Fsp3) is 0.125. The number of hydrogen-bond acceptors (Lipinski definition) is 4. The molecule has 0 saturated heterocycles. The Labute approximate surface area is 134 Å². The van der Waals surface area contributed by atoms with E-state index in [-0.39, 0.29) is 4.90 Å². The molecule has 0 heterocycles. The minimum Gasteiger partial charge on any atom is -0.366 e. The second-order valence-electron chi connectivity index (χ2n) is 4.93. The first-order chi connectivity index (χ1) is 10.8. The summed E-state index contributed by atoms with van der Waals surface area (Å²) in [4.78, 5) is 23.2. The SMILES string of the molecule is CC(C(=O)Nc1ccc(C(N)=O)cc1)S(=O)(=O)c1ccccc1. The maximum absolute atomic E-state index is 12.4. The van der Waals surface area contributed by atoms with Gasteiger partial charge in [0.05, 0.1) is 4.90 Å². The average molecular weight is 332 g/mol. The Morgan fingerprint density at radius 3 is 2.09 bits per heavy atom. The van der Waals surface area contributed by atoms with Crippen LogP contribution >= 0.6 is 0 Å². The average Bonchev–Trinajstić information content (AvgIpc) is 2.55. The van der Waals surface area contributed by atoms with Crippen LogP contribution in [0.25, 0.3) is 0 Å². The molecule has 2 amide bonds. The van der Waals surface area contributed by atoms with Gasteiger partial charge < -0.3 is 11.1 Å². The highest BCUT2D eigenvalue weighted by molar-refractivity contribution is 7.92. The molecule has 2 rings (SSSR count). The van der Waals surface area contributed by atoms with Gasteiger partial charge in [-0.3, -0.25) is 9.59 Å². The van der Waals surface area contributed by atoms with Crippen LogP contribution in [0.2, 0.25) is 0 Å². The lowest BCUT2D eigenvalue weighted by molar-refractivity contribution is -0.115. The normalized spacial score (nSPS) is 12.4. The number of sulfone groups is 1. The van der Waals surface area contributed by atoms with E-state index < -0.39 is 26.9 Å². The highest BCUT2D eigenvalue weighted by atomic mass is 32.2. The van der Waals surface area contributed by atoms with E-state index in [1.165, 1.54) is 43.3 Å². The van der Waals surface area contributed by atoms with Gasteiger partial charge in [-0.2, -0.15) is 0 Å². The summed E-state index contributed by atoms with van der Waals surface area (Å²) < 4.78 is 24.8. The first kappa shape index (κ1) is 16.7. The van der Waals surface area contributed by atoms with E-state index in [9.17, 15) is 18.0 Å². The number of amides is 2. The largest absolute Gasteiger partial charge is 0.366 e. The molecule has 0 radical (unpaired) electrons. The van der Waals surface area contributed by atoms with Gasteiger partial charge in [-0.1, -0.05) is 18.2 Å². The summed E-state index contributed by atoms with van der Waals surface area (Å²) in [6.07, 6.45) is 0. The van der Waals surface area contributed by atoms with Crippen molar-refractivity contribution in [2.45, 2.75) is 17.1 Å².